The molecule has 0 aliphatic rings. The summed E-state index contributed by atoms with van der Waals surface area (Å²) in [7, 11) is 0. The lowest BCUT2D eigenvalue weighted by molar-refractivity contribution is 0.605. The summed E-state index contributed by atoms with van der Waals surface area (Å²) in [5.74, 6) is 0.643. The van der Waals surface area contributed by atoms with E-state index in [1.54, 1.807) is 0 Å². The summed E-state index contributed by atoms with van der Waals surface area (Å²) < 4.78 is 0. The summed E-state index contributed by atoms with van der Waals surface area (Å²) in [4.78, 5) is 0. The van der Waals surface area contributed by atoms with Gasteiger partial charge in [0.15, 0.2) is 0 Å². The molecule has 1 aromatic carbocycles. The highest BCUT2D eigenvalue weighted by molar-refractivity contribution is 5.50. The molecule has 1 atom stereocenters. The van der Waals surface area contributed by atoms with Crippen LogP contribution in [0.2, 0.25) is 0 Å². The van der Waals surface area contributed by atoms with Crippen molar-refractivity contribution in [3.63, 3.8) is 0 Å². The third-order valence-electron chi connectivity index (χ3n) is 2.90. The second-order valence-electron chi connectivity index (χ2n) is 4.98. The van der Waals surface area contributed by atoms with Gasteiger partial charge in [-0.25, -0.2) is 0 Å². The molecular weight excluding hydrogens is 216 g/mol. The van der Waals surface area contributed by atoms with Crippen LogP contribution in [0.4, 0.5) is 0 Å². The van der Waals surface area contributed by atoms with Crippen molar-refractivity contribution in [3.8, 4) is 0 Å². The smallest absolute Gasteiger partial charge is 0.0257 e. The Morgan fingerprint density at radius 3 is 2.61 bits per heavy atom. The van der Waals surface area contributed by atoms with Crippen LogP contribution >= 0.6 is 0 Å². The van der Waals surface area contributed by atoms with Crippen LogP contribution in [-0.2, 0) is 0 Å². The van der Waals surface area contributed by atoms with Gasteiger partial charge in [0.25, 0.3) is 0 Å². The fourth-order valence-corrected chi connectivity index (χ4v) is 1.81. The predicted molar refractivity (Wildman–Crippen MR) is 82.4 cm³/mol. The SMILES string of the molecule is C=C(C)CCC[C@@H](C)/C=C/C=C/c1ccccc1. The first-order chi connectivity index (χ1) is 8.68. The fourth-order valence-electron chi connectivity index (χ4n) is 1.81. The molecule has 1 aromatic rings. The molecule has 1 rings (SSSR count). The highest BCUT2D eigenvalue weighted by Crippen LogP contribution is 2.12. The third-order valence-corrected chi connectivity index (χ3v) is 2.90. The van der Waals surface area contributed by atoms with E-state index in [0.717, 1.165) is 6.42 Å². The van der Waals surface area contributed by atoms with Crippen molar-refractivity contribution in [3.05, 3.63) is 66.3 Å². The lowest BCUT2D eigenvalue weighted by Crippen LogP contribution is -1.89. The molecule has 0 fully saturated rings. The minimum Gasteiger partial charge on any atom is -0.100 e. The van der Waals surface area contributed by atoms with Gasteiger partial charge in [-0.05, 0) is 37.7 Å². The maximum absolute atomic E-state index is 3.93. The maximum Gasteiger partial charge on any atom is -0.0257 e. The molecule has 0 heterocycles. The first-order valence-electron chi connectivity index (χ1n) is 6.73. The van der Waals surface area contributed by atoms with Crippen molar-refractivity contribution in [2.24, 2.45) is 5.92 Å². The molecule has 0 radical (unpaired) electrons. The minimum absolute atomic E-state index is 0.643. The third kappa shape index (κ3) is 6.90. The highest BCUT2D eigenvalue weighted by atomic mass is 14.0. The number of allylic oxidation sites excluding steroid dienone is 4. The summed E-state index contributed by atoms with van der Waals surface area (Å²) in [5, 5.41) is 0. The zero-order chi connectivity index (χ0) is 13.2. The summed E-state index contributed by atoms with van der Waals surface area (Å²) in [6.07, 6.45) is 12.3. The Bertz CT molecular complexity index is 395. The van der Waals surface area contributed by atoms with Crippen LogP contribution in [0.3, 0.4) is 0 Å². The van der Waals surface area contributed by atoms with E-state index in [9.17, 15) is 0 Å². The van der Waals surface area contributed by atoms with Gasteiger partial charge in [-0.2, -0.15) is 0 Å². The van der Waals surface area contributed by atoms with E-state index in [-0.39, 0.29) is 0 Å². The Kier molecular flexibility index (Phi) is 6.86. The first kappa shape index (κ1) is 14.5. The van der Waals surface area contributed by atoms with Crippen molar-refractivity contribution >= 4 is 6.08 Å². The molecule has 96 valence electrons. The van der Waals surface area contributed by atoms with Gasteiger partial charge in [-0.1, -0.05) is 67.1 Å². The van der Waals surface area contributed by atoms with Crippen molar-refractivity contribution in [1.29, 1.82) is 0 Å². The normalized spacial score (nSPS) is 13.2. The van der Waals surface area contributed by atoms with Gasteiger partial charge in [-0.15, -0.1) is 6.58 Å². The molecule has 0 nitrogen and oxygen atoms in total. The van der Waals surface area contributed by atoms with Crippen LogP contribution in [0.1, 0.15) is 38.7 Å². The molecule has 0 unspecified atom stereocenters. The van der Waals surface area contributed by atoms with E-state index in [0.29, 0.717) is 5.92 Å². The Morgan fingerprint density at radius 1 is 1.22 bits per heavy atom. The van der Waals surface area contributed by atoms with Crippen LogP contribution in [0.25, 0.3) is 6.08 Å². The van der Waals surface area contributed by atoms with Gasteiger partial charge in [0.2, 0.25) is 0 Å². The summed E-state index contributed by atoms with van der Waals surface area (Å²) in [6.45, 7) is 8.30. The first-order valence-corrected chi connectivity index (χ1v) is 6.73. The largest absolute Gasteiger partial charge is 0.100 e. The summed E-state index contributed by atoms with van der Waals surface area (Å²) >= 11 is 0. The van der Waals surface area contributed by atoms with Gasteiger partial charge >= 0.3 is 0 Å². The molecule has 0 saturated heterocycles. The summed E-state index contributed by atoms with van der Waals surface area (Å²) in [6, 6.07) is 10.4. The maximum atomic E-state index is 3.93. The van der Waals surface area contributed by atoms with E-state index in [4.69, 9.17) is 0 Å². The fraction of sp³-hybridized carbons (Fsp3) is 0.333. The monoisotopic (exact) mass is 240 g/mol. The Hall–Kier alpha value is -1.56. The number of rotatable bonds is 7. The zero-order valence-electron chi connectivity index (χ0n) is 11.6. The molecule has 0 aromatic heterocycles. The Labute approximate surface area is 112 Å². The molecular formula is C18H24. The Morgan fingerprint density at radius 2 is 1.94 bits per heavy atom. The molecule has 0 saturated carbocycles. The number of hydrogen-bond donors (Lipinski definition) is 0. The minimum atomic E-state index is 0.643. The van der Waals surface area contributed by atoms with E-state index in [1.165, 1.54) is 24.0 Å². The molecule has 18 heavy (non-hydrogen) atoms. The molecule has 0 spiro atoms. The van der Waals surface area contributed by atoms with Crippen LogP contribution in [0, 0.1) is 5.92 Å². The molecule has 0 N–H and O–H groups in total. The lowest BCUT2D eigenvalue weighted by Gasteiger charge is -2.04. The van der Waals surface area contributed by atoms with Crippen LogP contribution in [-0.4, -0.2) is 0 Å². The van der Waals surface area contributed by atoms with Gasteiger partial charge < -0.3 is 0 Å². The van der Waals surface area contributed by atoms with Crippen LogP contribution in [0.15, 0.2) is 60.7 Å². The molecule has 0 heteroatoms. The van der Waals surface area contributed by atoms with Crippen molar-refractivity contribution < 1.29 is 0 Å². The second kappa shape index (κ2) is 8.52. The van der Waals surface area contributed by atoms with Gasteiger partial charge in [-0.3, -0.25) is 0 Å². The van der Waals surface area contributed by atoms with Gasteiger partial charge in [0.05, 0.1) is 0 Å². The van der Waals surface area contributed by atoms with Crippen LogP contribution < -0.4 is 0 Å². The van der Waals surface area contributed by atoms with Crippen molar-refractivity contribution in [1.82, 2.24) is 0 Å². The topological polar surface area (TPSA) is 0 Å². The van der Waals surface area contributed by atoms with Gasteiger partial charge in [0.1, 0.15) is 0 Å². The summed E-state index contributed by atoms with van der Waals surface area (Å²) in [5.41, 5.74) is 2.53. The molecule has 0 amide bonds. The predicted octanol–water partition coefficient (Wildman–Crippen LogP) is 5.64. The standard InChI is InChI=1S/C18H24/c1-16(2)10-9-12-17(3)11-7-8-15-18-13-5-4-6-14-18/h4-8,11,13-15,17H,1,9-10,12H2,2-3H3/b11-7+,15-8+/t17-/m0/s1. The quantitative estimate of drug-likeness (QED) is 0.427. The number of hydrogen-bond acceptors (Lipinski definition) is 0. The van der Waals surface area contributed by atoms with Crippen molar-refractivity contribution in [2.45, 2.75) is 33.1 Å². The van der Waals surface area contributed by atoms with Gasteiger partial charge in [0, 0.05) is 0 Å². The Balaban J connectivity index is 2.27. The van der Waals surface area contributed by atoms with E-state index in [2.05, 4.69) is 69.0 Å². The second-order valence-corrected chi connectivity index (χ2v) is 4.98. The average Bonchev–Trinajstić information content (AvgIpc) is 2.35. The highest BCUT2D eigenvalue weighted by Gasteiger charge is 1.96. The molecule has 0 bridgehead atoms. The van der Waals surface area contributed by atoms with E-state index >= 15 is 0 Å². The van der Waals surface area contributed by atoms with E-state index in [1.807, 2.05) is 6.07 Å². The van der Waals surface area contributed by atoms with Crippen molar-refractivity contribution in [2.75, 3.05) is 0 Å². The average molecular weight is 240 g/mol. The van der Waals surface area contributed by atoms with E-state index < -0.39 is 0 Å². The molecule has 0 aliphatic heterocycles. The van der Waals surface area contributed by atoms with Crippen LogP contribution in [0.5, 0.6) is 0 Å². The molecule has 0 aliphatic carbocycles. The zero-order valence-corrected chi connectivity index (χ0v) is 11.6. The lowest BCUT2D eigenvalue weighted by atomic mass is 10.0. The number of benzene rings is 1.